The molecule has 2 fully saturated rings. The average Bonchev–Trinajstić information content (AvgIpc) is 2.79. The van der Waals surface area contributed by atoms with Crippen molar-refractivity contribution in [2.75, 3.05) is 6.54 Å². The molecule has 0 aromatic carbocycles. The topological polar surface area (TPSA) is 3.24 Å². The fourth-order valence-electron chi connectivity index (χ4n) is 3.62. The van der Waals surface area contributed by atoms with Crippen molar-refractivity contribution in [1.82, 2.24) is 4.90 Å². The molecule has 0 aromatic heterocycles. The first-order valence-corrected chi connectivity index (χ1v) is 6.90. The van der Waals surface area contributed by atoms with Gasteiger partial charge < -0.3 is 0 Å². The molecule has 2 rings (SSSR count). The third-order valence-corrected chi connectivity index (χ3v) is 4.58. The van der Waals surface area contributed by atoms with E-state index in [1.807, 2.05) is 0 Å². The molecule has 1 aliphatic carbocycles. The first-order chi connectivity index (χ1) is 7.13. The SMILES string of the molecule is CCCCCC(C)(C)N1CC2CCC1C2. The molecule has 0 radical (unpaired) electrons. The van der Waals surface area contributed by atoms with Crippen LogP contribution in [0.3, 0.4) is 0 Å². The summed E-state index contributed by atoms with van der Waals surface area (Å²) in [4.78, 5) is 2.82. The normalized spacial score (nSPS) is 31.4. The standard InChI is InChI=1S/C14H27N/c1-4-5-6-9-14(2,3)15-11-12-7-8-13(15)10-12/h12-13H,4-11H2,1-3H3. The number of fused-ring (bicyclic) bond motifs is 2. The van der Waals surface area contributed by atoms with Crippen molar-refractivity contribution in [3.05, 3.63) is 0 Å². The molecule has 2 bridgehead atoms. The van der Waals surface area contributed by atoms with Crippen molar-refractivity contribution in [3.63, 3.8) is 0 Å². The Bertz CT molecular complexity index is 209. The minimum absolute atomic E-state index is 0.467. The summed E-state index contributed by atoms with van der Waals surface area (Å²) in [6, 6.07) is 0.937. The van der Waals surface area contributed by atoms with Gasteiger partial charge in [0.05, 0.1) is 0 Å². The van der Waals surface area contributed by atoms with Crippen LogP contribution in [0.2, 0.25) is 0 Å². The quantitative estimate of drug-likeness (QED) is 0.622. The van der Waals surface area contributed by atoms with Gasteiger partial charge in [-0.2, -0.15) is 0 Å². The smallest absolute Gasteiger partial charge is 0.0156 e. The van der Waals surface area contributed by atoms with Crippen LogP contribution in [0.15, 0.2) is 0 Å². The highest BCUT2D eigenvalue weighted by Gasteiger charge is 2.43. The van der Waals surface area contributed by atoms with Gasteiger partial charge in [-0.15, -0.1) is 0 Å². The Labute approximate surface area is 95.2 Å². The third-order valence-electron chi connectivity index (χ3n) is 4.58. The molecule has 15 heavy (non-hydrogen) atoms. The molecular formula is C14H27N. The van der Waals surface area contributed by atoms with Crippen molar-refractivity contribution in [2.24, 2.45) is 5.92 Å². The zero-order valence-corrected chi connectivity index (χ0v) is 10.8. The Morgan fingerprint density at radius 1 is 1.20 bits per heavy atom. The van der Waals surface area contributed by atoms with E-state index in [1.54, 1.807) is 0 Å². The summed E-state index contributed by atoms with van der Waals surface area (Å²) >= 11 is 0. The fraction of sp³-hybridized carbons (Fsp3) is 1.00. The predicted octanol–water partition coefficient (Wildman–Crippen LogP) is 3.83. The molecule has 0 amide bonds. The molecule has 1 aliphatic heterocycles. The van der Waals surface area contributed by atoms with Crippen LogP contribution in [0.25, 0.3) is 0 Å². The van der Waals surface area contributed by atoms with Gasteiger partial charge in [0.1, 0.15) is 0 Å². The van der Waals surface area contributed by atoms with Crippen LogP contribution in [0.1, 0.15) is 65.7 Å². The van der Waals surface area contributed by atoms with Gasteiger partial charge >= 0.3 is 0 Å². The zero-order valence-electron chi connectivity index (χ0n) is 10.8. The molecule has 1 heteroatoms. The van der Waals surface area contributed by atoms with Crippen LogP contribution in [0.4, 0.5) is 0 Å². The minimum atomic E-state index is 0.467. The Balaban J connectivity index is 1.85. The second-order valence-corrected chi connectivity index (χ2v) is 6.25. The van der Waals surface area contributed by atoms with Gasteiger partial charge in [0.15, 0.2) is 0 Å². The number of nitrogens with zero attached hydrogens (tertiary/aromatic N) is 1. The average molecular weight is 209 g/mol. The van der Waals surface area contributed by atoms with Crippen LogP contribution in [-0.4, -0.2) is 23.0 Å². The van der Waals surface area contributed by atoms with Gasteiger partial charge in [0, 0.05) is 18.1 Å². The Hall–Kier alpha value is -0.0400. The maximum absolute atomic E-state index is 2.82. The number of rotatable bonds is 5. The predicted molar refractivity (Wildman–Crippen MR) is 66.1 cm³/mol. The summed E-state index contributed by atoms with van der Waals surface area (Å²) in [6.07, 6.45) is 10.0. The van der Waals surface area contributed by atoms with Gasteiger partial charge in [-0.3, -0.25) is 4.90 Å². The summed E-state index contributed by atoms with van der Waals surface area (Å²) in [6.45, 7) is 8.61. The Morgan fingerprint density at radius 2 is 2.00 bits per heavy atom. The van der Waals surface area contributed by atoms with Gasteiger partial charge in [-0.25, -0.2) is 0 Å². The third kappa shape index (κ3) is 2.38. The molecule has 1 nitrogen and oxygen atoms in total. The van der Waals surface area contributed by atoms with E-state index in [0.29, 0.717) is 5.54 Å². The molecule has 0 spiro atoms. The van der Waals surface area contributed by atoms with Gasteiger partial charge in [-0.05, 0) is 45.4 Å². The van der Waals surface area contributed by atoms with E-state index in [4.69, 9.17) is 0 Å². The van der Waals surface area contributed by atoms with E-state index < -0.39 is 0 Å². The molecule has 1 saturated carbocycles. The lowest BCUT2D eigenvalue weighted by Crippen LogP contribution is -2.48. The first-order valence-electron chi connectivity index (χ1n) is 6.90. The summed E-state index contributed by atoms with van der Waals surface area (Å²) in [7, 11) is 0. The summed E-state index contributed by atoms with van der Waals surface area (Å²) in [5.74, 6) is 1.04. The minimum Gasteiger partial charge on any atom is -0.295 e. The number of hydrogen-bond acceptors (Lipinski definition) is 1. The van der Waals surface area contributed by atoms with Crippen LogP contribution in [0, 0.1) is 5.92 Å². The molecule has 2 atom stereocenters. The molecular weight excluding hydrogens is 182 g/mol. The molecule has 0 N–H and O–H groups in total. The molecule has 88 valence electrons. The molecule has 1 heterocycles. The molecule has 2 aliphatic rings. The molecule has 2 unspecified atom stereocenters. The molecule has 1 saturated heterocycles. The van der Waals surface area contributed by atoms with Crippen molar-refractivity contribution >= 4 is 0 Å². The van der Waals surface area contributed by atoms with E-state index in [0.717, 1.165) is 12.0 Å². The highest BCUT2D eigenvalue weighted by Crippen LogP contribution is 2.42. The van der Waals surface area contributed by atoms with Gasteiger partial charge in [-0.1, -0.05) is 26.2 Å². The van der Waals surface area contributed by atoms with E-state index in [1.165, 1.54) is 51.5 Å². The maximum Gasteiger partial charge on any atom is 0.0156 e. The number of likely N-dealkylation sites (tertiary alicyclic amines) is 1. The van der Waals surface area contributed by atoms with Gasteiger partial charge in [0.25, 0.3) is 0 Å². The zero-order chi connectivity index (χ0) is 10.9. The first kappa shape index (κ1) is 11.4. The van der Waals surface area contributed by atoms with E-state index in [-0.39, 0.29) is 0 Å². The summed E-state index contributed by atoms with van der Waals surface area (Å²) < 4.78 is 0. The Kier molecular flexibility index (Phi) is 3.39. The van der Waals surface area contributed by atoms with Crippen molar-refractivity contribution < 1.29 is 0 Å². The van der Waals surface area contributed by atoms with E-state index in [2.05, 4.69) is 25.7 Å². The largest absolute Gasteiger partial charge is 0.295 e. The number of hydrogen-bond donors (Lipinski definition) is 0. The fourth-order valence-corrected chi connectivity index (χ4v) is 3.62. The number of piperidine rings is 1. The van der Waals surface area contributed by atoms with Crippen LogP contribution in [-0.2, 0) is 0 Å². The lowest BCUT2D eigenvalue weighted by atomic mass is 9.92. The highest BCUT2D eigenvalue weighted by molar-refractivity contribution is 4.98. The molecule has 0 aromatic rings. The van der Waals surface area contributed by atoms with Crippen molar-refractivity contribution in [2.45, 2.75) is 77.3 Å². The Morgan fingerprint density at radius 3 is 2.53 bits per heavy atom. The monoisotopic (exact) mass is 209 g/mol. The second kappa shape index (κ2) is 4.45. The number of unbranched alkanes of at least 4 members (excludes halogenated alkanes) is 2. The van der Waals surface area contributed by atoms with Gasteiger partial charge in [0.2, 0.25) is 0 Å². The maximum atomic E-state index is 2.82. The second-order valence-electron chi connectivity index (χ2n) is 6.25. The summed E-state index contributed by atoms with van der Waals surface area (Å²) in [5, 5.41) is 0. The van der Waals surface area contributed by atoms with Crippen molar-refractivity contribution in [1.29, 1.82) is 0 Å². The summed E-state index contributed by atoms with van der Waals surface area (Å²) in [5.41, 5.74) is 0.467. The van der Waals surface area contributed by atoms with Crippen LogP contribution >= 0.6 is 0 Å². The van der Waals surface area contributed by atoms with E-state index in [9.17, 15) is 0 Å². The lowest BCUT2D eigenvalue weighted by Gasteiger charge is -2.41. The van der Waals surface area contributed by atoms with E-state index >= 15 is 0 Å². The lowest BCUT2D eigenvalue weighted by molar-refractivity contribution is 0.0734. The van der Waals surface area contributed by atoms with Crippen LogP contribution in [0.5, 0.6) is 0 Å². The van der Waals surface area contributed by atoms with Crippen LogP contribution < -0.4 is 0 Å². The highest BCUT2D eigenvalue weighted by atomic mass is 15.2. The van der Waals surface area contributed by atoms with Crippen molar-refractivity contribution in [3.8, 4) is 0 Å².